The normalized spacial score (nSPS) is 16.1. The second kappa shape index (κ2) is 13.7. The van der Waals surface area contributed by atoms with Crippen molar-refractivity contribution in [2.75, 3.05) is 26.4 Å². The first kappa shape index (κ1) is 31.0. The number of piperidine rings is 1. The number of hydrogen-bond acceptors (Lipinski definition) is 10. The van der Waals surface area contributed by atoms with Crippen molar-refractivity contribution >= 4 is 32.1 Å². The van der Waals surface area contributed by atoms with E-state index in [1.54, 1.807) is 19.9 Å². The summed E-state index contributed by atoms with van der Waals surface area (Å²) in [6, 6.07) is 8.47. The summed E-state index contributed by atoms with van der Waals surface area (Å²) in [4.78, 5) is 16.7. The van der Waals surface area contributed by atoms with Gasteiger partial charge in [-0.3, -0.25) is 4.79 Å². The molecule has 1 heterocycles. The highest BCUT2D eigenvalue weighted by Crippen LogP contribution is 2.29. The standard InChI is InChI=1S/C25H34N4O9S2/c1-3-35-24(30)23-10-4-5-11-29(23)39(31,32)21-8-6-9-22(17-21)40(33,34)38-20-15-18(2)14-19(16-20)36-12-7-13-37-28-25(26)27/h6,8-9,14-17,23H,3-5,7,10-13H2,1-2H3,(H4,26,27,28). The Morgan fingerprint density at radius 3 is 2.48 bits per heavy atom. The Hall–Kier alpha value is -3.56. The molecule has 0 spiro atoms. The van der Waals surface area contributed by atoms with E-state index in [-0.39, 0.29) is 47.9 Å². The van der Waals surface area contributed by atoms with Crippen LogP contribution in [0.2, 0.25) is 0 Å². The summed E-state index contributed by atoms with van der Waals surface area (Å²) in [5.41, 5.74) is 11.0. The van der Waals surface area contributed by atoms with Crippen molar-refractivity contribution in [2.45, 2.75) is 55.4 Å². The SMILES string of the molecule is CCOC(=O)C1CCCCN1S(=O)(=O)c1cccc(S(=O)(=O)Oc2cc(C)cc(OCCCON=C(N)N)c2)c1. The van der Waals surface area contributed by atoms with Gasteiger partial charge in [0.15, 0.2) is 0 Å². The minimum atomic E-state index is -4.43. The van der Waals surface area contributed by atoms with Gasteiger partial charge in [0.1, 0.15) is 29.0 Å². The van der Waals surface area contributed by atoms with Gasteiger partial charge >= 0.3 is 16.1 Å². The largest absolute Gasteiger partial charge is 0.493 e. The molecule has 1 unspecified atom stereocenters. The lowest BCUT2D eigenvalue weighted by Crippen LogP contribution is -2.48. The number of esters is 1. The van der Waals surface area contributed by atoms with E-state index < -0.39 is 32.2 Å². The summed E-state index contributed by atoms with van der Waals surface area (Å²) in [6.45, 7) is 4.06. The van der Waals surface area contributed by atoms with Gasteiger partial charge in [0, 0.05) is 19.0 Å². The molecule has 15 heteroatoms. The van der Waals surface area contributed by atoms with Crippen molar-refractivity contribution in [3.05, 3.63) is 48.0 Å². The monoisotopic (exact) mass is 598 g/mol. The lowest BCUT2D eigenvalue weighted by Gasteiger charge is -2.33. The zero-order valence-corrected chi connectivity index (χ0v) is 23.9. The van der Waals surface area contributed by atoms with Crippen LogP contribution in [0.25, 0.3) is 0 Å². The number of hydrogen-bond donors (Lipinski definition) is 2. The predicted octanol–water partition coefficient (Wildman–Crippen LogP) is 1.84. The number of sulfonamides is 1. The van der Waals surface area contributed by atoms with Crippen LogP contribution in [-0.4, -0.2) is 65.5 Å². The molecule has 1 atom stereocenters. The van der Waals surface area contributed by atoms with Crippen LogP contribution < -0.4 is 20.4 Å². The first-order valence-corrected chi connectivity index (χ1v) is 15.5. The summed E-state index contributed by atoms with van der Waals surface area (Å²) < 4.78 is 70.3. The maximum absolute atomic E-state index is 13.5. The quantitative estimate of drug-likeness (QED) is 0.0854. The molecule has 0 amide bonds. The fourth-order valence-electron chi connectivity index (χ4n) is 4.05. The van der Waals surface area contributed by atoms with Crippen molar-refractivity contribution < 1.29 is 40.1 Å². The van der Waals surface area contributed by atoms with E-state index in [0.29, 0.717) is 37.0 Å². The number of aryl methyl sites for hydroxylation is 1. The molecule has 3 rings (SSSR count). The zero-order chi connectivity index (χ0) is 29.3. The molecular formula is C25H34N4O9S2. The highest BCUT2D eigenvalue weighted by Gasteiger charge is 2.39. The number of ether oxygens (including phenoxy) is 2. The predicted molar refractivity (Wildman–Crippen MR) is 145 cm³/mol. The lowest BCUT2D eigenvalue weighted by atomic mass is 10.1. The Balaban J connectivity index is 1.77. The third-order valence-electron chi connectivity index (χ3n) is 5.76. The second-order valence-corrected chi connectivity index (χ2v) is 12.4. The van der Waals surface area contributed by atoms with Gasteiger partial charge in [-0.2, -0.15) is 12.7 Å². The molecule has 2 aromatic rings. The first-order valence-electron chi connectivity index (χ1n) is 12.6. The van der Waals surface area contributed by atoms with Crippen LogP contribution in [0.1, 0.15) is 38.2 Å². The minimum absolute atomic E-state index is 0.0154. The van der Waals surface area contributed by atoms with Crippen LogP contribution in [-0.2, 0) is 34.5 Å². The van der Waals surface area contributed by atoms with Crippen molar-refractivity contribution in [3.8, 4) is 11.5 Å². The van der Waals surface area contributed by atoms with Crippen LogP contribution >= 0.6 is 0 Å². The Kier molecular flexibility index (Phi) is 10.6. The molecule has 1 aliphatic heterocycles. The highest BCUT2D eigenvalue weighted by molar-refractivity contribution is 7.89. The molecule has 220 valence electrons. The Labute approximate surface area is 234 Å². The Morgan fingerprint density at radius 1 is 1.02 bits per heavy atom. The van der Waals surface area contributed by atoms with Crippen molar-refractivity contribution in [1.29, 1.82) is 0 Å². The molecule has 0 radical (unpaired) electrons. The number of rotatable bonds is 13. The van der Waals surface area contributed by atoms with E-state index >= 15 is 0 Å². The summed E-state index contributed by atoms with van der Waals surface area (Å²) in [5.74, 6) is -0.480. The van der Waals surface area contributed by atoms with Crippen LogP contribution in [0, 0.1) is 6.92 Å². The number of guanidine groups is 1. The van der Waals surface area contributed by atoms with E-state index in [1.807, 2.05) is 0 Å². The topological polar surface area (TPSA) is 190 Å². The summed E-state index contributed by atoms with van der Waals surface area (Å²) in [7, 11) is -8.63. The van der Waals surface area contributed by atoms with Gasteiger partial charge in [-0.25, -0.2) is 8.42 Å². The van der Waals surface area contributed by atoms with Gasteiger partial charge in [0.25, 0.3) is 0 Å². The molecule has 1 aliphatic rings. The Bertz CT molecular complexity index is 1430. The molecule has 0 aromatic heterocycles. The van der Waals surface area contributed by atoms with E-state index in [9.17, 15) is 21.6 Å². The van der Waals surface area contributed by atoms with Crippen LogP contribution in [0.3, 0.4) is 0 Å². The van der Waals surface area contributed by atoms with Gasteiger partial charge < -0.3 is 30.0 Å². The molecule has 1 saturated heterocycles. The molecule has 1 fully saturated rings. The van der Waals surface area contributed by atoms with E-state index in [4.69, 9.17) is 30.0 Å². The highest BCUT2D eigenvalue weighted by atomic mass is 32.2. The molecular weight excluding hydrogens is 564 g/mol. The van der Waals surface area contributed by atoms with E-state index in [2.05, 4.69) is 5.16 Å². The zero-order valence-electron chi connectivity index (χ0n) is 22.3. The van der Waals surface area contributed by atoms with Gasteiger partial charge in [0.2, 0.25) is 16.0 Å². The fourth-order valence-corrected chi connectivity index (χ4v) is 6.78. The minimum Gasteiger partial charge on any atom is -0.493 e. The molecule has 0 aliphatic carbocycles. The molecule has 4 N–H and O–H groups in total. The number of carbonyl (C=O) groups excluding carboxylic acids is 1. The smallest absolute Gasteiger partial charge is 0.339 e. The van der Waals surface area contributed by atoms with E-state index in [0.717, 1.165) is 10.4 Å². The van der Waals surface area contributed by atoms with Crippen molar-refractivity contribution in [1.82, 2.24) is 4.31 Å². The second-order valence-electron chi connectivity index (χ2n) is 8.92. The number of carbonyl (C=O) groups is 1. The molecule has 0 bridgehead atoms. The van der Waals surface area contributed by atoms with Crippen LogP contribution in [0.15, 0.2) is 57.4 Å². The summed E-state index contributed by atoms with van der Waals surface area (Å²) in [5, 5.41) is 3.40. The maximum Gasteiger partial charge on any atom is 0.339 e. The number of oxime groups is 1. The Morgan fingerprint density at radius 2 is 1.75 bits per heavy atom. The van der Waals surface area contributed by atoms with E-state index in [1.165, 1.54) is 30.3 Å². The van der Waals surface area contributed by atoms with Gasteiger partial charge in [-0.15, -0.1) is 0 Å². The fraction of sp³-hybridized carbons (Fsp3) is 0.440. The van der Waals surface area contributed by atoms with Gasteiger partial charge in [0.05, 0.1) is 18.1 Å². The summed E-state index contributed by atoms with van der Waals surface area (Å²) in [6.07, 6.45) is 2.01. The lowest BCUT2D eigenvalue weighted by molar-refractivity contribution is -0.148. The maximum atomic E-state index is 13.5. The molecule has 2 aromatic carbocycles. The van der Waals surface area contributed by atoms with Crippen molar-refractivity contribution in [3.63, 3.8) is 0 Å². The summed E-state index contributed by atoms with van der Waals surface area (Å²) >= 11 is 0. The molecule has 40 heavy (non-hydrogen) atoms. The number of nitrogens with two attached hydrogens (primary N) is 2. The average molecular weight is 599 g/mol. The van der Waals surface area contributed by atoms with Crippen molar-refractivity contribution in [2.24, 2.45) is 16.6 Å². The first-order chi connectivity index (χ1) is 18.9. The van der Waals surface area contributed by atoms with Gasteiger partial charge in [-0.05, 0) is 74.2 Å². The molecule has 0 saturated carbocycles. The average Bonchev–Trinajstić information content (AvgIpc) is 2.90. The third kappa shape index (κ3) is 8.22. The molecule has 13 nitrogen and oxygen atoms in total. The van der Waals surface area contributed by atoms with Crippen LogP contribution in [0.5, 0.6) is 11.5 Å². The number of nitrogens with zero attached hydrogens (tertiary/aromatic N) is 2. The van der Waals surface area contributed by atoms with Crippen LogP contribution in [0.4, 0.5) is 0 Å². The third-order valence-corrected chi connectivity index (χ3v) is 8.91. The van der Waals surface area contributed by atoms with Gasteiger partial charge in [-0.1, -0.05) is 6.07 Å². The number of benzene rings is 2.